The molecule has 0 aliphatic heterocycles. The molecule has 7 heteroatoms. The van der Waals surface area contributed by atoms with Gasteiger partial charge >= 0.3 is 12.0 Å². The minimum atomic E-state index is -0.919. The molecule has 21 heavy (non-hydrogen) atoms. The van der Waals surface area contributed by atoms with E-state index in [0.29, 0.717) is 18.0 Å². The summed E-state index contributed by atoms with van der Waals surface area (Å²) in [5, 5.41) is 12.2. The molecule has 116 valence electrons. The van der Waals surface area contributed by atoms with Gasteiger partial charge in [-0.05, 0) is 30.2 Å². The number of carboxylic acid groups (broad SMARTS) is 1. The number of amides is 2. The predicted molar refractivity (Wildman–Crippen MR) is 85.7 cm³/mol. The van der Waals surface area contributed by atoms with Crippen LogP contribution in [0.3, 0.4) is 0 Å². The Morgan fingerprint density at radius 1 is 1.48 bits per heavy atom. The average Bonchev–Trinajstić information content (AvgIpc) is 2.42. The second-order valence-electron chi connectivity index (χ2n) is 4.84. The maximum atomic E-state index is 11.8. The molecule has 1 rings (SSSR count). The van der Waals surface area contributed by atoms with E-state index in [1.165, 1.54) is 4.90 Å². The van der Waals surface area contributed by atoms with E-state index < -0.39 is 11.9 Å². The molecule has 0 radical (unpaired) electrons. The number of carbonyl (C=O) groups is 2. The monoisotopic (exact) mass is 376 g/mol. The Balaban J connectivity index is 2.43. The second kappa shape index (κ2) is 8.24. The quantitative estimate of drug-likeness (QED) is 0.800. The largest absolute Gasteiger partial charge is 0.481 e. The van der Waals surface area contributed by atoms with E-state index in [-0.39, 0.29) is 12.6 Å². The van der Waals surface area contributed by atoms with Crippen molar-refractivity contribution in [2.24, 2.45) is 5.92 Å². The Morgan fingerprint density at radius 3 is 2.76 bits per heavy atom. The van der Waals surface area contributed by atoms with Crippen molar-refractivity contribution in [3.8, 4) is 0 Å². The summed E-state index contributed by atoms with van der Waals surface area (Å²) in [6, 6.07) is 5.20. The zero-order chi connectivity index (χ0) is 16.0. The van der Waals surface area contributed by atoms with Crippen LogP contribution in [-0.4, -0.2) is 42.1 Å². The summed E-state index contributed by atoms with van der Waals surface area (Å²) in [6.07, 6.45) is 0.634. The molecule has 0 saturated carbocycles. The van der Waals surface area contributed by atoms with Crippen LogP contribution < -0.4 is 5.32 Å². The van der Waals surface area contributed by atoms with Gasteiger partial charge in [-0.3, -0.25) is 4.79 Å². The summed E-state index contributed by atoms with van der Waals surface area (Å²) in [5.41, 5.74) is 1.00. The Morgan fingerprint density at radius 2 is 2.14 bits per heavy atom. The average molecular weight is 378 g/mol. The Bertz CT molecular complexity index is 525. The van der Waals surface area contributed by atoms with Gasteiger partial charge in [0.25, 0.3) is 0 Å². The third-order valence-electron chi connectivity index (χ3n) is 2.99. The number of hydrogen-bond acceptors (Lipinski definition) is 2. The van der Waals surface area contributed by atoms with Crippen LogP contribution in [0.4, 0.5) is 4.79 Å². The number of urea groups is 1. The minimum absolute atomic E-state index is 0.169. The molecule has 0 heterocycles. The van der Waals surface area contributed by atoms with Crippen LogP contribution in [0.5, 0.6) is 0 Å². The fourth-order valence-electron chi connectivity index (χ4n) is 1.75. The van der Waals surface area contributed by atoms with Gasteiger partial charge in [-0.25, -0.2) is 4.79 Å². The molecule has 1 aromatic rings. The Kier molecular flexibility index (Phi) is 6.98. The smallest absolute Gasteiger partial charge is 0.317 e. The first-order valence-electron chi connectivity index (χ1n) is 6.47. The number of carbonyl (C=O) groups excluding carboxylic acids is 1. The molecule has 0 aliphatic carbocycles. The van der Waals surface area contributed by atoms with Gasteiger partial charge in [0.05, 0.1) is 5.92 Å². The van der Waals surface area contributed by atoms with Crippen molar-refractivity contribution in [1.82, 2.24) is 10.2 Å². The second-order valence-corrected chi connectivity index (χ2v) is 6.13. The number of nitrogens with one attached hydrogen (secondary N) is 1. The van der Waals surface area contributed by atoms with Gasteiger partial charge in [0, 0.05) is 29.6 Å². The highest BCUT2D eigenvalue weighted by Crippen LogP contribution is 2.21. The van der Waals surface area contributed by atoms with Gasteiger partial charge in [0.1, 0.15) is 0 Å². The lowest BCUT2D eigenvalue weighted by Crippen LogP contribution is -2.41. The molecule has 2 N–H and O–H groups in total. The van der Waals surface area contributed by atoms with E-state index in [9.17, 15) is 9.59 Å². The van der Waals surface area contributed by atoms with Crippen LogP contribution in [-0.2, 0) is 11.2 Å². The molecule has 5 nitrogen and oxygen atoms in total. The maximum Gasteiger partial charge on any atom is 0.317 e. The lowest BCUT2D eigenvalue weighted by atomic mass is 10.1. The van der Waals surface area contributed by atoms with E-state index in [4.69, 9.17) is 16.7 Å². The van der Waals surface area contributed by atoms with Crippen LogP contribution in [0.1, 0.15) is 12.5 Å². The minimum Gasteiger partial charge on any atom is -0.481 e. The van der Waals surface area contributed by atoms with Gasteiger partial charge in [0.2, 0.25) is 0 Å². The highest BCUT2D eigenvalue weighted by Gasteiger charge is 2.16. The van der Waals surface area contributed by atoms with Crippen molar-refractivity contribution in [2.45, 2.75) is 13.3 Å². The number of hydrogen-bond donors (Lipinski definition) is 2. The van der Waals surface area contributed by atoms with Gasteiger partial charge in [-0.15, -0.1) is 0 Å². The molecular formula is C14H18BrClN2O3. The molecule has 1 aromatic carbocycles. The van der Waals surface area contributed by atoms with Crippen LogP contribution >= 0.6 is 27.5 Å². The molecule has 0 bridgehead atoms. The number of halogens is 2. The van der Waals surface area contributed by atoms with Crippen LogP contribution in [0.25, 0.3) is 0 Å². The summed E-state index contributed by atoms with van der Waals surface area (Å²) in [5.74, 6) is -1.51. The number of aliphatic carboxylic acids is 1. The molecule has 1 atom stereocenters. The van der Waals surface area contributed by atoms with Gasteiger partial charge in [-0.1, -0.05) is 34.5 Å². The van der Waals surface area contributed by atoms with E-state index in [1.54, 1.807) is 20.0 Å². The van der Waals surface area contributed by atoms with E-state index in [0.717, 1.165) is 10.0 Å². The standard InChI is InChI=1S/C14H18BrClN2O3/c1-9(13(19)20)8-18(2)14(21)17-6-5-10-7-11(16)3-4-12(10)15/h3-4,7,9H,5-6,8H2,1-2H3,(H,17,21)(H,19,20). The Labute approximate surface area is 137 Å². The molecule has 1 unspecified atom stereocenters. The molecule has 0 fully saturated rings. The fraction of sp³-hybridized carbons (Fsp3) is 0.429. The third-order valence-corrected chi connectivity index (χ3v) is 4.00. The molecule has 0 saturated heterocycles. The summed E-state index contributed by atoms with van der Waals surface area (Å²) in [7, 11) is 1.57. The first-order valence-corrected chi connectivity index (χ1v) is 7.64. The van der Waals surface area contributed by atoms with Crippen molar-refractivity contribution in [1.29, 1.82) is 0 Å². The molecule has 2 amide bonds. The number of nitrogens with zero attached hydrogens (tertiary/aromatic N) is 1. The third kappa shape index (κ3) is 5.93. The highest BCUT2D eigenvalue weighted by molar-refractivity contribution is 9.10. The van der Waals surface area contributed by atoms with E-state index in [1.807, 2.05) is 12.1 Å². The van der Waals surface area contributed by atoms with E-state index >= 15 is 0 Å². The topological polar surface area (TPSA) is 69.6 Å². The number of benzene rings is 1. The van der Waals surface area contributed by atoms with Crippen molar-refractivity contribution >= 4 is 39.5 Å². The summed E-state index contributed by atoms with van der Waals surface area (Å²) < 4.78 is 0.939. The molecule has 0 aliphatic rings. The summed E-state index contributed by atoms with van der Waals surface area (Å²) in [6.45, 7) is 2.18. The fourth-order valence-corrected chi connectivity index (χ4v) is 2.39. The van der Waals surface area contributed by atoms with E-state index in [2.05, 4.69) is 21.2 Å². The zero-order valence-electron chi connectivity index (χ0n) is 11.9. The predicted octanol–water partition coefficient (Wildman–Crippen LogP) is 3.01. The zero-order valence-corrected chi connectivity index (χ0v) is 14.2. The highest BCUT2D eigenvalue weighted by atomic mass is 79.9. The van der Waals surface area contributed by atoms with Crippen molar-refractivity contribution < 1.29 is 14.7 Å². The maximum absolute atomic E-state index is 11.8. The molecular weight excluding hydrogens is 360 g/mol. The summed E-state index contributed by atoms with van der Waals surface area (Å²) in [4.78, 5) is 23.9. The molecule has 0 spiro atoms. The van der Waals surface area contributed by atoms with Gasteiger partial charge in [0.15, 0.2) is 0 Å². The van der Waals surface area contributed by atoms with Crippen molar-refractivity contribution in [2.75, 3.05) is 20.1 Å². The van der Waals surface area contributed by atoms with Gasteiger partial charge < -0.3 is 15.3 Å². The van der Waals surface area contributed by atoms with Crippen molar-refractivity contribution in [3.63, 3.8) is 0 Å². The van der Waals surface area contributed by atoms with Crippen LogP contribution in [0.2, 0.25) is 5.02 Å². The van der Waals surface area contributed by atoms with Crippen molar-refractivity contribution in [3.05, 3.63) is 33.3 Å². The number of carboxylic acids is 1. The Hall–Kier alpha value is -1.27. The lowest BCUT2D eigenvalue weighted by molar-refractivity contribution is -0.141. The van der Waals surface area contributed by atoms with Crippen LogP contribution in [0, 0.1) is 5.92 Å². The van der Waals surface area contributed by atoms with Gasteiger partial charge in [-0.2, -0.15) is 0 Å². The number of rotatable bonds is 6. The molecule has 0 aromatic heterocycles. The SMILES string of the molecule is CC(CN(C)C(=O)NCCc1cc(Cl)ccc1Br)C(=O)O. The normalized spacial score (nSPS) is 11.8. The lowest BCUT2D eigenvalue weighted by Gasteiger charge is -2.20. The first-order chi connectivity index (χ1) is 9.81. The first kappa shape index (κ1) is 17.8. The van der Waals surface area contributed by atoms with Crippen LogP contribution in [0.15, 0.2) is 22.7 Å². The summed E-state index contributed by atoms with van der Waals surface area (Å²) >= 11 is 9.35.